The van der Waals surface area contributed by atoms with E-state index in [1.165, 1.54) is 24.3 Å². The maximum Gasteiger partial charge on any atom is 0.293 e. The molecule has 0 saturated heterocycles. The number of fused-ring (bicyclic) bond motifs is 2. The Labute approximate surface area is 192 Å². The number of hydrogen-bond acceptors (Lipinski definition) is 7. The van der Waals surface area contributed by atoms with Crippen molar-refractivity contribution >= 4 is 39.8 Å². The number of carbonyl (C=O) groups excluding carboxylic acids is 2. The van der Waals surface area contributed by atoms with E-state index >= 15 is 0 Å². The lowest BCUT2D eigenvalue weighted by atomic mass is 10.1. The minimum atomic E-state index is -0.555. The van der Waals surface area contributed by atoms with Crippen LogP contribution < -0.4 is 20.1 Å². The summed E-state index contributed by atoms with van der Waals surface area (Å²) >= 11 is 0. The Balaban J connectivity index is 1.38. The van der Waals surface area contributed by atoms with Crippen molar-refractivity contribution in [2.24, 2.45) is 0 Å². The molecule has 0 atom stereocenters. The van der Waals surface area contributed by atoms with Gasteiger partial charge in [0, 0.05) is 29.3 Å². The van der Waals surface area contributed by atoms with Crippen LogP contribution in [-0.4, -0.2) is 23.5 Å². The van der Waals surface area contributed by atoms with Crippen LogP contribution in [0.1, 0.15) is 16.1 Å². The molecule has 0 fully saturated rings. The van der Waals surface area contributed by atoms with Crippen molar-refractivity contribution in [2.45, 2.75) is 6.42 Å². The third kappa shape index (κ3) is 4.11. The summed E-state index contributed by atoms with van der Waals surface area (Å²) in [4.78, 5) is 36.1. The second-order valence-corrected chi connectivity index (χ2v) is 7.47. The first kappa shape index (κ1) is 21.0. The average Bonchev–Trinajstić information content (AvgIpc) is 3.44. The SMILES string of the molecule is O=C(Cc1ccc([N+](=O)[O-])cc1)Nc1c(C(=O)Nc2ccc3c(c2)OCO3)oc2ccccc12. The monoisotopic (exact) mass is 459 g/mol. The molecule has 2 N–H and O–H groups in total. The van der Waals surface area contributed by atoms with Gasteiger partial charge in [0.05, 0.1) is 11.3 Å². The van der Waals surface area contributed by atoms with Crippen LogP contribution in [0, 0.1) is 10.1 Å². The van der Waals surface area contributed by atoms with Crippen LogP contribution in [0.4, 0.5) is 17.1 Å². The zero-order valence-electron chi connectivity index (χ0n) is 17.6. The first-order chi connectivity index (χ1) is 16.5. The van der Waals surface area contributed by atoms with Gasteiger partial charge in [0.1, 0.15) is 11.3 Å². The summed E-state index contributed by atoms with van der Waals surface area (Å²) in [6.07, 6.45) is -0.0410. The maximum absolute atomic E-state index is 13.1. The highest BCUT2D eigenvalue weighted by Gasteiger charge is 2.23. The van der Waals surface area contributed by atoms with Crippen LogP contribution in [0.5, 0.6) is 11.5 Å². The van der Waals surface area contributed by atoms with Crippen molar-refractivity contribution in [3.63, 3.8) is 0 Å². The van der Waals surface area contributed by atoms with Crippen molar-refractivity contribution in [2.75, 3.05) is 17.4 Å². The number of furan rings is 1. The van der Waals surface area contributed by atoms with E-state index in [9.17, 15) is 19.7 Å². The summed E-state index contributed by atoms with van der Waals surface area (Å²) in [7, 11) is 0. The Kier molecular flexibility index (Phi) is 5.30. The van der Waals surface area contributed by atoms with Gasteiger partial charge in [-0.05, 0) is 29.8 Å². The third-order valence-electron chi connectivity index (χ3n) is 5.21. The summed E-state index contributed by atoms with van der Waals surface area (Å²) in [5, 5.41) is 16.9. The van der Waals surface area contributed by atoms with E-state index < -0.39 is 16.7 Å². The number of non-ortho nitro benzene ring substituents is 1. The molecule has 1 aromatic heterocycles. The normalized spacial score (nSPS) is 11.9. The third-order valence-corrected chi connectivity index (χ3v) is 5.21. The number of nitrogens with one attached hydrogen (secondary N) is 2. The summed E-state index contributed by atoms with van der Waals surface area (Å²) in [6.45, 7) is 0.112. The van der Waals surface area contributed by atoms with Crippen LogP contribution in [0.25, 0.3) is 11.0 Å². The van der Waals surface area contributed by atoms with Crippen LogP contribution in [0.3, 0.4) is 0 Å². The Morgan fingerprint density at radius 1 is 0.941 bits per heavy atom. The number of nitro groups is 1. The van der Waals surface area contributed by atoms with Gasteiger partial charge in [0.2, 0.25) is 18.5 Å². The van der Waals surface area contributed by atoms with Crippen LogP contribution in [0.2, 0.25) is 0 Å². The van der Waals surface area contributed by atoms with E-state index in [2.05, 4.69) is 10.6 Å². The molecule has 3 aromatic carbocycles. The smallest absolute Gasteiger partial charge is 0.293 e. The van der Waals surface area contributed by atoms with Crippen LogP contribution in [-0.2, 0) is 11.2 Å². The summed E-state index contributed by atoms with van der Waals surface area (Å²) in [5.74, 6) is 0.0779. The molecular formula is C24H17N3O7. The molecule has 0 saturated carbocycles. The minimum Gasteiger partial charge on any atom is -0.454 e. The molecular weight excluding hydrogens is 442 g/mol. The van der Waals surface area contributed by atoms with Crippen LogP contribution in [0.15, 0.2) is 71.1 Å². The number of para-hydroxylation sites is 1. The number of benzene rings is 3. The number of amides is 2. The molecule has 1 aliphatic rings. The summed E-state index contributed by atoms with van der Waals surface area (Å²) in [6, 6.07) is 17.6. The molecule has 0 unspecified atom stereocenters. The Hall–Kier alpha value is -4.86. The van der Waals surface area contributed by atoms with E-state index in [1.54, 1.807) is 42.5 Å². The largest absolute Gasteiger partial charge is 0.454 e. The van der Waals surface area contributed by atoms with Gasteiger partial charge < -0.3 is 24.5 Å². The highest BCUT2D eigenvalue weighted by atomic mass is 16.7. The standard InChI is InChI=1S/C24H17N3O7/c28-21(11-14-5-8-16(9-6-14)27(30)31)26-22-17-3-1-2-4-18(17)34-23(22)24(29)25-15-7-10-19-20(12-15)33-13-32-19/h1-10,12H,11,13H2,(H,25,29)(H,26,28). The molecule has 170 valence electrons. The zero-order chi connectivity index (χ0) is 23.7. The molecule has 5 rings (SSSR count). The lowest BCUT2D eigenvalue weighted by Crippen LogP contribution is -2.18. The number of nitro benzene ring substituents is 1. The van der Waals surface area contributed by atoms with Gasteiger partial charge in [0.15, 0.2) is 11.5 Å². The van der Waals surface area contributed by atoms with Gasteiger partial charge >= 0.3 is 0 Å². The molecule has 2 amide bonds. The van der Waals surface area contributed by atoms with Gasteiger partial charge in [-0.1, -0.05) is 24.3 Å². The topological polar surface area (TPSA) is 133 Å². The highest BCUT2D eigenvalue weighted by Crippen LogP contribution is 2.35. The average molecular weight is 459 g/mol. The van der Waals surface area contributed by atoms with Gasteiger partial charge in [-0.15, -0.1) is 0 Å². The number of anilines is 2. The summed E-state index contributed by atoms with van der Waals surface area (Å²) in [5.41, 5.74) is 1.66. The van der Waals surface area contributed by atoms with Crippen molar-refractivity contribution in [3.8, 4) is 11.5 Å². The molecule has 10 nitrogen and oxygen atoms in total. The van der Waals surface area contributed by atoms with Gasteiger partial charge in [-0.2, -0.15) is 0 Å². The van der Waals surface area contributed by atoms with E-state index in [1.807, 2.05) is 0 Å². The van der Waals surface area contributed by atoms with E-state index in [0.29, 0.717) is 33.7 Å². The number of hydrogen-bond donors (Lipinski definition) is 2. The van der Waals surface area contributed by atoms with E-state index in [4.69, 9.17) is 13.9 Å². The molecule has 4 aromatic rings. The van der Waals surface area contributed by atoms with Gasteiger partial charge in [-0.3, -0.25) is 19.7 Å². The van der Waals surface area contributed by atoms with Crippen LogP contribution >= 0.6 is 0 Å². The molecule has 0 bridgehead atoms. The van der Waals surface area contributed by atoms with Gasteiger partial charge in [0.25, 0.3) is 11.6 Å². The first-order valence-corrected chi connectivity index (χ1v) is 10.2. The number of carbonyl (C=O) groups is 2. The maximum atomic E-state index is 13.1. The fraction of sp³-hybridized carbons (Fsp3) is 0.0833. The minimum absolute atomic E-state index is 0.0410. The second-order valence-electron chi connectivity index (χ2n) is 7.47. The first-order valence-electron chi connectivity index (χ1n) is 10.2. The molecule has 10 heteroatoms. The zero-order valence-corrected chi connectivity index (χ0v) is 17.6. The molecule has 2 heterocycles. The van der Waals surface area contributed by atoms with Crippen molar-refractivity contribution in [1.82, 2.24) is 0 Å². The molecule has 1 aliphatic heterocycles. The molecule has 34 heavy (non-hydrogen) atoms. The Morgan fingerprint density at radius 2 is 1.71 bits per heavy atom. The van der Waals surface area contributed by atoms with Gasteiger partial charge in [-0.25, -0.2) is 0 Å². The quantitative estimate of drug-likeness (QED) is 0.320. The molecule has 0 spiro atoms. The van der Waals surface area contributed by atoms with E-state index in [-0.39, 0.29) is 30.3 Å². The molecule has 0 radical (unpaired) electrons. The summed E-state index contributed by atoms with van der Waals surface area (Å²) < 4.78 is 16.4. The van der Waals surface area contributed by atoms with E-state index in [0.717, 1.165) is 0 Å². The van der Waals surface area contributed by atoms with Crippen molar-refractivity contribution in [1.29, 1.82) is 0 Å². The second kappa shape index (κ2) is 8.58. The predicted octanol–water partition coefficient (Wildman–Crippen LogP) is 4.50. The Morgan fingerprint density at radius 3 is 2.50 bits per heavy atom. The fourth-order valence-electron chi connectivity index (χ4n) is 3.60. The fourth-order valence-corrected chi connectivity index (χ4v) is 3.60. The molecule has 0 aliphatic carbocycles. The van der Waals surface area contributed by atoms with Crippen molar-refractivity contribution in [3.05, 3.63) is 88.2 Å². The lowest BCUT2D eigenvalue weighted by Gasteiger charge is -2.08. The predicted molar refractivity (Wildman–Crippen MR) is 122 cm³/mol. The number of ether oxygens (including phenoxy) is 2. The highest BCUT2D eigenvalue weighted by molar-refractivity contribution is 6.14. The number of nitrogens with zero attached hydrogens (tertiary/aromatic N) is 1. The van der Waals surface area contributed by atoms with Crippen molar-refractivity contribution < 1.29 is 28.4 Å². The lowest BCUT2D eigenvalue weighted by molar-refractivity contribution is -0.384. The number of rotatable bonds is 6. The Bertz CT molecular complexity index is 1430.